The monoisotopic (exact) mass is 487 g/mol. The first-order valence-corrected chi connectivity index (χ1v) is 12.8. The van der Waals surface area contributed by atoms with Gasteiger partial charge in [-0.15, -0.1) is 0 Å². The highest BCUT2D eigenvalue weighted by Gasteiger charge is 2.31. The van der Waals surface area contributed by atoms with E-state index in [-0.39, 0.29) is 37.7 Å². The quantitative estimate of drug-likeness (QED) is 0.571. The lowest BCUT2D eigenvalue weighted by molar-refractivity contribution is -0.137. The fourth-order valence-corrected chi connectivity index (χ4v) is 5.77. The standard InChI is InChI=1S/C25H33N3O5S/c1-19-9-10-20(2)23(17-19)34(31,32)28-15-13-27(14-16-28)25(30)12-11-24(29)26(3)18-21-7-5-6-8-22(21)33-4/h5-10,17H,11-16,18H2,1-4H3. The van der Waals surface area contributed by atoms with E-state index in [1.165, 1.54) is 4.31 Å². The number of sulfonamides is 1. The molecule has 2 aromatic rings. The number of nitrogens with zero attached hydrogens (tertiary/aromatic N) is 3. The molecule has 1 aliphatic rings. The van der Waals surface area contributed by atoms with Crippen LogP contribution in [0.3, 0.4) is 0 Å². The van der Waals surface area contributed by atoms with Crippen molar-refractivity contribution in [1.82, 2.24) is 14.1 Å². The third-order valence-electron chi connectivity index (χ3n) is 6.13. The molecule has 1 fully saturated rings. The van der Waals surface area contributed by atoms with Crippen molar-refractivity contribution in [3.05, 3.63) is 59.2 Å². The predicted octanol–water partition coefficient (Wildman–Crippen LogP) is 2.58. The Morgan fingerprint density at radius 3 is 2.35 bits per heavy atom. The molecule has 0 N–H and O–H groups in total. The lowest BCUT2D eigenvalue weighted by Crippen LogP contribution is -2.50. The van der Waals surface area contributed by atoms with Gasteiger partial charge in [0.1, 0.15) is 5.75 Å². The van der Waals surface area contributed by atoms with Gasteiger partial charge in [0.15, 0.2) is 0 Å². The molecular weight excluding hydrogens is 454 g/mol. The van der Waals surface area contributed by atoms with Gasteiger partial charge in [0.2, 0.25) is 21.8 Å². The molecule has 34 heavy (non-hydrogen) atoms. The number of rotatable bonds is 8. The lowest BCUT2D eigenvalue weighted by atomic mass is 10.1. The van der Waals surface area contributed by atoms with Crippen molar-refractivity contribution in [2.45, 2.75) is 38.1 Å². The third kappa shape index (κ3) is 5.95. The number of methoxy groups -OCH3 is 1. The minimum atomic E-state index is -3.61. The van der Waals surface area contributed by atoms with Crippen LogP contribution in [0.15, 0.2) is 47.4 Å². The molecule has 2 aromatic carbocycles. The van der Waals surface area contributed by atoms with Crippen LogP contribution >= 0.6 is 0 Å². The normalized spacial score (nSPS) is 14.6. The number of carbonyl (C=O) groups excluding carboxylic acids is 2. The van der Waals surface area contributed by atoms with E-state index in [9.17, 15) is 18.0 Å². The van der Waals surface area contributed by atoms with Gasteiger partial charge in [-0.2, -0.15) is 4.31 Å². The molecular formula is C25H33N3O5S. The van der Waals surface area contributed by atoms with Gasteiger partial charge in [-0.1, -0.05) is 30.3 Å². The summed E-state index contributed by atoms with van der Waals surface area (Å²) in [6.07, 6.45) is 0.199. The van der Waals surface area contributed by atoms with Crippen LogP contribution in [0.25, 0.3) is 0 Å². The van der Waals surface area contributed by atoms with Crippen LogP contribution in [0.1, 0.15) is 29.5 Å². The summed E-state index contributed by atoms with van der Waals surface area (Å²) >= 11 is 0. The Morgan fingerprint density at radius 2 is 1.68 bits per heavy atom. The van der Waals surface area contributed by atoms with Gasteiger partial charge in [-0.25, -0.2) is 8.42 Å². The summed E-state index contributed by atoms with van der Waals surface area (Å²) in [5.41, 5.74) is 2.49. The lowest BCUT2D eigenvalue weighted by Gasteiger charge is -2.34. The van der Waals surface area contributed by atoms with Crippen molar-refractivity contribution >= 4 is 21.8 Å². The first-order chi connectivity index (χ1) is 16.1. The van der Waals surface area contributed by atoms with E-state index >= 15 is 0 Å². The number of benzene rings is 2. The Kier molecular flexibility index (Phi) is 8.33. The summed E-state index contributed by atoms with van der Waals surface area (Å²) in [4.78, 5) is 28.8. The second kappa shape index (κ2) is 11.0. The number of aryl methyl sites for hydroxylation is 2. The molecule has 3 rings (SSSR count). The number of piperazine rings is 1. The highest BCUT2D eigenvalue weighted by molar-refractivity contribution is 7.89. The molecule has 1 aliphatic heterocycles. The minimum Gasteiger partial charge on any atom is -0.496 e. The van der Waals surface area contributed by atoms with E-state index in [0.717, 1.165) is 11.1 Å². The number of hydrogen-bond donors (Lipinski definition) is 0. The average Bonchev–Trinajstić information content (AvgIpc) is 2.84. The summed E-state index contributed by atoms with van der Waals surface area (Å²) in [5, 5.41) is 0. The molecule has 0 unspecified atom stereocenters. The fraction of sp³-hybridized carbons (Fsp3) is 0.440. The van der Waals surface area contributed by atoms with E-state index in [0.29, 0.717) is 35.8 Å². The van der Waals surface area contributed by atoms with Crippen LogP contribution in [-0.2, 0) is 26.2 Å². The fourth-order valence-electron chi connectivity index (χ4n) is 4.04. The van der Waals surface area contributed by atoms with Gasteiger partial charge in [0.25, 0.3) is 0 Å². The van der Waals surface area contributed by atoms with Crippen LogP contribution in [0.2, 0.25) is 0 Å². The summed E-state index contributed by atoms with van der Waals surface area (Å²) in [6, 6.07) is 12.9. The maximum Gasteiger partial charge on any atom is 0.243 e. The SMILES string of the molecule is COc1ccccc1CN(C)C(=O)CCC(=O)N1CCN(S(=O)(=O)c2cc(C)ccc2C)CC1. The zero-order valence-electron chi connectivity index (χ0n) is 20.3. The first-order valence-electron chi connectivity index (χ1n) is 11.3. The van der Waals surface area contributed by atoms with Gasteiger partial charge < -0.3 is 14.5 Å². The summed E-state index contributed by atoms with van der Waals surface area (Å²) in [7, 11) is -0.318. The van der Waals surface area contributed by atoms with Gasteiger partial charge in [-0.3, -0.25) is 9.59 Å². The zero-order valence-corrected chi connectivity index (χ0v) is 21.1. The Bertz CT molecular complexity index is 1140. The molecule has 0 saturated carbocycles. The van der Waals surface area contributed by atoms with Crippen molar-refractivity contribution in [2.24, 2.45) is 0 Å². The Morgan fingerprint density at radius 1 is 1.00 bits per heavy atom. The van der Waals surface area contributed by atoms with Gasteiger partial charge in [0.05, 0.1) is 12.0 Å². The Balaban J connectivity index is 1.51. The molecule has 0 bridgehead atoms. The largest absolute Gasteiger partial charge is 0.496 e. The number of hydrogen-bond acceptors (Lipinski definition) is 5. The van der Waals surface area contributed by atoms with Crippen molar-refractivity contribution in [3.63, 3.8) is 0 Å². The van der Waals surface area contributed by atoms with Crippen LogP contribution in [0.5, 0.6) is 5.75 Å². The summed E-state index contributed by atoms with van der Waals surface area (Å²) in [5.74, 6) is 0.449. The van der Waals surface area contributed by atoms with E-state index in [2.05, 4.69) is 0 Å². The molecule has 0 atom stereocenters. The zero-order chi connectivity index (χ0) is 24.9. The number of carbonyl (C=O) groups is 2. The smallest absolute Gasteiger partial charge is 0.243 e. The highest BCUT2D eigenvalue weighted by Crippen LogP contribution is 2.23. The molecule has 184 valence electrons. The summed E-state index contributed by atoms with van der Waals surface area (Å²) < 4.78 is 32.9. The topological polar surface area (TPSA) is 87.2 Å². The molecule has 0 aliphatic carbocycles. The van der Waals surface area contributed by atoms with E-state index in [1.807, 2.05) is 43.3 Å². The van der Waals surface area contributed by atoms with Gasteiger partial charge >= 0.3 is 0 Å². The number of ether oxygens (including phenoxy) is 1. The first kappa shape index (κ1) is 25.7. The van der Waals surface area contributed by atoms with E-state index < -0.39 is 10.0 Å². The highest BCUT2D eigenvalue weighted by atomic mass is 32.2. The number of amides is 2. The number of para-hydroxylation sites is 1. The molecule has 1 heterocycles. The van der Waals surface area contributed by atoms with Crippen LogP contribution < -0.4 is 4.74 Å². The van der Waals surface area contributed by atoms with Crippen LogP contribution in [0, 0.1) is 13.8 Å². The second-order valence-electron chi connectivity index (χ2n) is 8.62. The molecule has 0 aromatic heterocycles. The van der Waals surface area contributed by atoms with E-state index in [1.54, 1.807) is 36.9 Å². The van der Waals surface area contributed by atoms with Crippen LogP contribution in [0.4, 0.5) is 0 Å². The predicted molar refractivity (Wildman–Crippen MR) is 130 cm³/mol. The summed E-state index contributed by atoms with van der Waals surface area (Å²) in [6.45, 7) is 5.15. The molecule has 8 nitrogen and oxygen atoms in total. The van der Waals surface area contributed by atoms with Crippen molar-refractivity contribution in [3.8, 4) is 5.75 Å². The van der Waals surface area contributed by atoms with Crippen molar-refractivity contribution in [2.75, 3.05) is 40.3 Å². The molecule has 0 spiro atoms. The van der Waals surface area contributed by atoms with Gasteiger partial charge in [-0.05, 0) is 37.1 Å². The second-order valence-corrected chi connectivity index (χ2v) is 10.5. The third-order valence-corrected chi connectivity index (χ3v) is 8.17. The Hall–Kier alpha value is -2.91. The van der Waals surface area contributed by atoms with Crippen molar-refractivity contribution < 1.29 is 22.7 Å². The van der Waals surface area contributed by atoms with Gasteiger partial charge in [0, 0.05) is 58.2 Å². The van der Waals surface area contributed by atoms with Crippen molar-refractivity contribution in [1.29, 1.82) is 0 Å². The molecule has 0 radical (unpaired) electrons. The molecule has 1 saturated heterocycles. The van der Waals surface area contributed by atoms with E-state index in [4.69, 9.17) is 4.74 Å². The maximum absolute atomic E-state index is 13.1. The maximum atomic E-state index is 13.1. The minimum absolute atomic E-state index is 0.0961. The Labute approximate surface area is 202 Å². The molecule has 9 heteroatoms. The average molecular weight is 488 g/mol. The molecule has 2 amide bonds. The van der Waals surface area contributed by atoms with Crippen LogP contribution in [-0.4, -0.2) is 74.7 Å².